The summed E-state index contributed by atoms with van der Waals surface area (Å²) in [7, 11) is -3.72. The predicted molar refractivity (Wildman–Crippen MR) is 85.9 cm³/mol. The van der Waals surface area contributed by atoms with Crippen LogP contribution < -0.4 is 4.72 Å². The summed E-state index contributed by atoms with van der Waals surface area (Å²) in [5.74, 6) is 0. The van der Waals surface area contributed by atoms with E-state index >= 15 is 0 Å². The van der Waals surface area contributed by atoms with Gasteiger partial charge in [0.25, 0.3) is 10.0 Å². The van der Waals surface area contributed by atoms with Gasteiger partial charge in [-0.2, -0.15) is 5.26 Å². The molecule has 0 saturated carbocycles. The maximum atomic E-state index is 12.6. The van der Waals surface area contributed by atoms with E-state index in [1.165, 1.54) is 6.07 Å². The van der Waals surface area contributed by atoms with E-state index in [2.05, 4.69) is 4.72 Å². The third-order valence-corrected chi connectivity index (χ3v) is 4.72. The lowest BCUT2D eigenvalue weighted by atomic mass is 10.1. The summed E-state index contributed by atoms with van der Waals surface area (Å²) in [5, 5.41) is 10.4. The van der Waals surface area contributed by atoms with Gasteiger partial charge in [-0.3, -0.25) is 4.72 Å². The van der Waals surface area contributed by atoms with E-state index < -0.39 is 10.0 Å². The number of benzene rings is 3. The molecule has 3 rings (SSSR count). The summed E-state index contributed by atoms with van der Waals surface area (Å²) in [6, 6.07) is 20.8. The van der Waals surface area contributed by atoms with E-state index in [-0.39, 0.29) is 4.90 Å². The third kappa shape index (κ3) is 2.65. The first kappa shape index (κ1) is 14.1. The van der Waals surface area contributed by atoms with Crippen molar-refractivity contribution in [1.29, 1.82) is 5.26 Å². The van der Waals surface area contributed by atoms with Gasteiger partial charge in [0.2, 0.25) is 0 Å². The molecule has 5 heteroatoms. The molecule has 0 atom stereocenters. The Morgan fingerprint density at radius 3 is 2.45 bits per heavy atom. The summed E-state index contributed by atoms with van der Waals surface area (Å²) < 4.78 is 27.8. The molecule has 1 N–H and O–H groups in total. The summed E-state index contributed by atoms with van der Waals surface area (Å²) in [6.07, 6.45) is 0. The minimum Gasteiger partial charge on any atom is -0.280 e. The van der Waals surface area contributed by atoms with Gasteiger partial charge in [0.05, 0.1) is 22.2 Å². The van der Waals surface area contributed by atoms with E-state index in [9.17, 15) is 8.42 Å². The zero-order valence-electron chi connectivity index (χ0n) is 11.5. The molecule has 22 heavy (non-hydrogen) atoms. The SMILES string of the molecule is N#Cc1cccc(NS(=O)(=O)c2cccc3ccccc23)c1. The Bertz CT molecular complexity index is 983. The lowest BCUT2D eigenvalue weighted by Crippen LogP contribution is -2.13. The monoisotopic (exact) mass is 308 g/mol. The van der Waals surface area contributed by atoms with Crippen LogP contribution in [0.15, 0.2) is 71.6 Å². The van der Waals surface area contributed by atoms with Gasteiger partial charge >= 0.3 is 0 Å². The number of nitrogens with one attached hydrogen (secondary N) is 1. The van der Waals surface area contributed by atoms with Crippen LogP contribution in [0.25, 0.3) is 10.8 Å². The average Bonchev–Trinajstić information content (AvgIpc) is 2.54. The van der Waals surface area contributed by atoms with E-state index in [0.29, 0.717) is 16.6 Å². The molecule has 0 amide bonds. The largest absolute Gasteiger partial charge is 0.280 e. The first-order valence-corrected chi connectivity index (χ1v) is 8.09. The minimum absolute atomic E-state index is 0.216. The first-order chi connectivity index (χ1) is 10.6. The number of rotatable bonds is 3. The molecule has 3 aromatic carbocycles. The molecule has 0 aliphatic rings. The molecule has 0 aromatic heterocycles. The normalized spacial score (nSPS) is 11.0. The second kappa shape index (κ2) is 5.51. The van der Waals surface area contributed by atoms with Crippen molar-refractivity contribution in [3.05, 3.63) is 72.3 Å². The van der Waals surface area contributed by atoms with Gasteiger partial charge in [0, 0.05) is 5.39 Å². The van der Waals surface area contributed by atoms with Crippen molar-refractivity contribution in [2.75, 3.05) is 4.72 Å². The highest BCUT2D eigenvalue weighted by molar-refractivity contribution is 7.93. The Hall–Kier alpha value is -2.84. The smallest absolute Gasteiger partial charge is 0.262 e. The van der Waals surface area contributed by atoms with Gasteiger partial charge in [-0.05, 0) is 29.7 Å². The van der Waals surface area contributed by atoms with Crippen molar-refractivity contribution < 1.29 is 8.42 Å². The number of hydrogen-bond donors (Lipinski definition) is 1. The molecule has 0 aliphatic heterocycles. The molecular formula is C17H12N2O2S. The Morgan fingerprint density at radius 1 is 0.909 bits per heavy atom. The minimum atomic E-state index is -3.72. The lowest BCUT2D eigenvalue weighted by molar-refractivity contribution is 0.602. The van der Waals surface area contributed by atoms with Crippen LogP contribution in [0.3, 0.4) is 0 Å². The topological polar surface area (TPSA) is 70.0 Å². The van der Waals surface area contributed by atoms with Gasteiger partial charge in [-0.25, -0.2) is 8.42 Å². The van der Waals surface area contributed by atoms with Crippen LogP contribution in [-0.2, 0) is 10.0 Å². The van der Waals surface area contributed by atoms with Crippen molar-refractivity contribution in [1.82, 2.24) is 0 Å². The molecule has 0 spiro atoms. The second-order valence-corrected chi connectivity index (χ2v) is 6.43. The maximum absolute atomic E-state index is 12.6. The highest BCUT2D eigenvalue weighted by Gasteiger charge is 2.17. The number of sulfonamides is 1. The number of fused-ring (bicyclic) bond motifs is 1. The van der Waals surface area contributed by atoms with Gasteiger partial charge in [0.1, 0.15) is 0 Å². The number of anilines is 1. The van der Waals surface area contributed by atoms with Crippen molar-refractivity contribution >= 4 is 26.5 Å². The van der Waals surface area contributed by atoms with Crippen molar-refractivity contribution in [2.45, 2.75) is 4.90 Å². The van der Waals surface area contributed by atoms with E-state index in [1.54, 1.807) is 42.5 Å². The molecule has 3 aromatic rings. The molecule has 0 bridgehead atoms. The van der Waals surface area contributed by atoms with Crippen LogP contribution in [0.4, 0.5) is 5.69 Å². The first-order valence-electron chi connectivity index (χ1n) is 6.61. The Kier molecular flexibility index (Phi) is 3.53. The van der Waals surface area contributed by atoms with Crippen LogP contribution in [0.5, 0.6) is 0 Å². The highest BCUT2D eigenvalue weighted by atomic mass is 32.2. The fourth-order valence-corrected chi connectivity index (χ4v) is 3.57. The molecule has 0 fully saturated rings. The van der Waals surface area contributed by atoms with Crippen molar-refractivity contribution in [2.24, 2.45) is 0 Å². The molecule has 0 aliphatic carbocycles. The van der Waals surface area contributed by atoms with Crippen LogP contribution >= 0.6 is 0 Å². The molecule has 0 heterocycles. The van der Waals surface area contributed by atoms with Gasteiger partial charge in [0.15, 0.2) is 0 Å². The fraction of sp³-hybridized carbons (Fsp3) is 0. The maximum Gasteiger partial charge on any atom is 0.262 e. The van der Waals surface area contributed by atoms with Crippen LogP contribution in [0, 0.1) is 11.3 Å². The summed E-state index contributed by atoms with van der Waals surface area (Å²) in [5.41, 5.74) is 0.769. The van der Waals surface area contributed by atoms with Crippen LogP contribution in [-0.4, -0.2) is 8.42 Å². The number of nitriles is 1. The fourth-order valence-electron chi connectivity index (χ4n) is 2.29. The van der Waals surface area contributed by atoms with E-state index in [4.69, 9.17) is 5.26 Å². The average molecular weight is 308 g/mol. The highest BCUT2D eigenvalue weighted by Crippen LogP contribution is 2.25. The predicted octanol–water partition coefficient (Wildman–Crippen LogP) is 3.51. The summed E-state index contributed by atoms with van der Waals surface area (Å²) >= 11 is 0. The molecule has 0 unspecified atom stereocenters. The molecule has 0 saturated heterocycles. The summed E-state index contributed by atoms with van der Waals surface area (Å²) in [6.45, 7) is 0. The van der Waals surface area contributed by atoms with Crippen molar-refractivity contribution in [3.63, 3.8) is 0 Å². The molecular weight excluding hydrogens is 296 g/mol. The standard InChI is InChI=1S/C17H12N2O2S/c18-12-13-5-3-8-15(11-13)19-22(20,21)17-10-4-7-14-6-1-2-9-16(14)17/h1-11,19H. The molecule has 0 radical (unpaired) electrons. The summed E-state index contributed by atoms with van der Waals surface area (Å²) in [4.78, 5) is 0.216. The van der Waals surface area contributed by atoms with Crippen molar-refractivity contribution in [3.8, 4) is 6.07 Å². The Labute approximate surface area is 128 Å². The lowest BCUT2D eigenvalue weighted by Gasteiger charge is -2.10. The van der Waals surface area contributed by atoms with Crippen LogP contribution in [0.2, 0.25) is 0 Å². The van der Waals surface area contributed by atoms with Gasteiger partial charge < -0.3 is 0 Å². The van der Waals surface area contributed by atoms with E-state index in [1.807, 2.05) is 24.3 Å². The second-order valence-electron chi connectivity index (χ2n) is 4.78. The third-order valence-electron chi connectivity index (χ3n) is 3.28. The Balaban J connectivity index is 2.07. The number of hydrogen-bond acceptors (Lipinski definition) is 3. The van der Waals surface area contributed by atoms with Gasteiger partial charge in [-0.15, -0.1) is 0 Å². The Morgan fingerprint density at radius 2 is 1.64 bits per heavy atom. The molecule has 4 nitrogen and oxygen atoms in total. The quantitative estimate of drug-likeness (QED) is 0.805. The number of nitrogens with zero attached hydrogens (tertiary/aromatic N) is 1. The zero-order chi connectivity index (χ0) is 15.6. The molecule has 108 valence electrons. The van der Waals surface area contributed by atoms with E-state index in [0.717, 1.165) is 5.39 Å². The van der Waals surface area contributed by atoms with Crippen LogP contribution in [0.1, 0.15) is 5.56 Å². The van der Waals surface area contributed by atoms with Gasteiger partial charge in [-0.1, -0.05) is 42.5 Å². The zero-order valence-corrected chi connectivity index (χ0v) is 12.3.